The molecule has 0 unspecified atom stereocenters. The molecule has 0 aromatic carbocycles. The molecular weight excluding hydrogens is 541 g/mol. The number of Topliss-reactive ketones (excluding diaryl/α,β-unsaturated/α-hetero) is 1. The Morgan fingerprint density at radius 2 is 0.812 bits per heavy atom. The lowest BCUT2D eigenvalue weighted by molar-refractivity contribution is -0.118. The Morgan fingerprint density at radius 3 is 1.09 bits per heavy atom. The third-order valence-corrected chi connectivity index (χ3v) is 3.92. The molecular formula is C20H40INO10. The number of hydrogen-bond acceptors (Lipinski definition) is 11. The summed E-state index contributed by atoms with van der Waals surface area (Å²) >= 11 is 1.76. The number of carbonyl (C=O) groups excluding carboxylic acids is 1. The van der Waals surface area contributed by atoms with Gasteiger partial charge in [0.2, 0.25) is 0 Å². The van der Waals surface area contributed by atoms with Crippen molar-refractivity contribution in [1.29, 1.82) is 0 Å². The maximum absolute atomic E-state index is 10.7. The van der Waals surface area contributed by atoms with E-state index in [1.807, 2.05) is 0 Å². The van der Waals surface area contributed by atoms with Gasteiger partial charge in [-0.05, 0) is 6.92 Å². The Balaban J connectivity index is 3.00. The Morgan fingerprint density at radius 1 is 0.531 bits per heavy atom. The molecule has 0 aliphatic carbocycles. The normalized spacial score (nSPS) is 11.3. The number of carbonyl (C=O) groups is 1. The largest absolute Gasteiger partial charge is 0.379 e. The molecule has 0 atom stereocenters. The number of hydroxylamine groups is 1. The van der Waals surface area contributed by atoms with E-state index in [9.17, 15) is 4.79 Å². The maximum atomic E-state index is 10.7. The third kappa shape index (κ3) is 30.0. The van der Waals surface area contributed by atoms with Crippen molar-refractivity contribution in [3.63, 3.8) is 0 Å². The Bertz CT molecular complexity index is 382. The first kappa shape index (κ1) is 32.0. The summed E-state index contributed by atoms with van der Waals surface area (Å²) in [5.74, 6) is 0.129. The number of ketones is 1. The first-order valence-electron chi connectivity index (χ1n) is 10.9. The average Bonchev–Trinajstić information content (AvgIpc) is 2.78. The molecule has 0 aliphatic heterocycles. The number of nitrogens with one attached hydrogen (secondary N) is 1. The first-order chi connectivity index (χ1) is 15.8. The smallest absolute Gasteiger partial charge is 0.136 e. The average molecular weight is 581 g/mol. The van der Waals surface area contributed by atoms with E-state index in [4.69, 9.17) is 37.9 Å². The summed E-state index contributed by atoms with van der Waals surface area (Å²) in [5.41, 5.74) is 2.68. The van der Waals surface area contributed by atoms with E-state index in [1.54, 1.807) is 29.9 Å². The van der Waals surface area contributed by atoms with Crippen molar-refractivity contribution in [3.8, 4) is 0 Å². The van der Waals surface area contributed by atoms with Gasteiger partial charge in [-0.15, -0.1) is 0 Å². The molecule has 0 bridgehead atoms. The summed E-state index contributed by atoms with van der Waals surface area (Å²) in [5, 5.41) is 0. The molecule has 0 aromatic heterocycles. The van der Waals surface area contributed by atoms with Crippen LogP contribution in [-0.2, 0) is 45.9 Å². The zero-order valence-electron chi connectivity index (χ0n) is 19.2. The van der Waals surface area contributed by atoms with Gasteiger partial charge < -0.3 is 37.9 Å². The fourth-order valence-electron chi connectivity index (χ4n) is 2.01. The summed E-state index contributed by atoms with van der Waals surface area (Å²) in [6.45, 7) is 10.4. The van der Waals surface area contributed by atoms with Crippen LogP contribution in [0, 0.1) is 0 Å². The zero-order valence-corrected chi connectivity index (χ0v) is 21.3. The zero-order chi connectivity index (χ0) is 23.4. The van der Waals surface area contributed by atoms with Gasteiger partial charge in [-0.2, -0.15) is 5.48 Å². The predicted octanol–water partition coefficient (Wildman–Crippen LogP) is 0.970. The highest BCUT2D eigenvalue weighted by atomic mass is 127. The Hall–Kier alpha value is -0.000000000000000111. The summed E-state index contributed by atoms with van der Waals surface area (Å²) in [6.07, 6.45) is 0.448. The molecule has 11 nitrogen and oxygen atoms in total. The fourth-order valence-corrected chi connectivity index (χ4v) is 2.23. The molecule has 0 amide bonds. The number of halogens is 1. The minimum atomic E-state index is 0.129. The van der Waals surface area contributed by atoms with Crippen LogP contribution >= 0.6 is 23.0 Å². The van der Waals surface area contributed by atoms with Crippen molar-refractivity contribution in [2.75, 3.05) is 112 Å². The molecule has 0 radical (unpaired) electrons. The van der Waals surface area contributed by atoms with Crippen molar-refractivity contribution >= 4 is 28.8 Å². The lowest BCUT2D eigenvalue weighted by Gasteiger charge is -2.08. The minimum Gasteiger partial charge on any atom is -0.379 e. The van der Waals surface area contributed by atoms with Crippen LogP contribution in [0.5, 0.6) is 0 Å². The van der Waals surface area contributed by atoms with Crippen LogP contribution in [0.4, 0.5) is 0 Å². The quantitative estimate of drug-likeness (QED) is 0.0811. The van der Waals surface area contributed by atoms with Gasteiger partial charge in [0.15, 0.2) is 0 Å². The molecule has 0 saturated heterocycles. The molecule has 0 heterocycles. The number of rotatable bonds is 28. The molecule has 12 heteroatoms. The second kappa shape index (κ2) is 29.0. The van der Waals surface area contributed by atoms with Crippen molar-refractivity contribution in [1.82, 2.24) is 5.48 Å². The van der Waals surface area contributed by atoms with Crippen molar-refractivity contribution in [2.45, 2.75) is 13.3 Å². The van der Waals surface area contributed by atoms with E-state index in [0.717, 1.165) is 0 Å². The highest BCUT2D eigenvalue weighted by molar-refractivity contribution is 14.1. The van der Waals surface area contributed by atoms with E-state index < -0.39 is 0 Å². The van der Waals surface area contributed by atoms with E-state index in [0.29, 0.717) is 119 Å². The summed E-state index contributed by atoms with van der Waals surface area (Å²) in [6, 6.07) is 0. The topological polar surface area (TPSA) is 112 Å². The summed E-state index contributed by atoms with van der Waals surface area (Å²) in [7, 11) is 0. The van der Waals surface area contributed by atoms with Gasteiger partial charge in [-0.25, -0.2) is 3.17 Å². The first-order valence-corrected chi connectivity index (χ1v) is 11.8. The van der Waals surface area contributed by atoms with Gasteiger partial charge in [-0.3, -0.25) is 4.79 Å². The number of ether oxygens (including phenoxy) is 8. The van der Waals surface area contributed by atoms with E-state index in [2.05, 4.69) is 8.65 Å². The van der Waals surface area contributed by atoms with Crippen LogP contribution in [-0.4, -0.2) is 118 Å². The summed E-state index contributed by atoms with van der Waals surface area (Å²) in [4.78, 5) is 10.7. The highest BCUT2D eigenvalue weighted by Crippen LogP contribution is 1.87. The lowest BCUT2D eigenvalue weighted by Crippen LogP contribution is -2.18. The van der Waals surface area contributed by atoms with Crippen LogP contribution in [0.25, 0.3) is 0 Å². The predicted molar refractivity (Wildman–Crippen MR) is 125 cm³/mol. The molecule has 32 heavy (non-hydrogen) atoms. The minimum absolute atomic E-state index is 0.129. The molecule has 0 fully saturated rings. The third-order valence-electron chi connectivity index (χ3n) is 3.61. The van der Waals surface area contributed by atoms with Gasteiger partial charge >= 0.3 is 0 Å². The molecule has 0 spiro atoms. The van der Waals surface area contributed by atoms with Crippen LogP contribution < -0.4 is 5.48 Å². The van der Waals surface area contributed by atoms with Gasteiger partial charge in [-0.1, -0.05) is 0 Å². The van der Waals surface area contributed by atoms with Crippen LogP contribution in [0.1, 0.15) is 13.3 Å². The van der Waals surface area contributed by atoms with Crippen LogP contribution in [0.15, 0.2) is 0 Å². The maximum Gasteiger partial charge on any atom is 0.136 e. The van der Waals surface area contributed by atoms with E-state index in [-0.39, 0.29) is 5.78 Å². The van der Waals surface area contributed by atoms with Crippen molar-refractivity contribution in [2.24, 2.45) is 0 Å². The van der Waals surface area contributed by atoms with Gasteiger partial charge in [0.25, 0.3) is 0 Å². The van der Waals surface area contributed by atoms with E-state index >= 15 is 0 Å². The highest BCUT2D eigenvalue weighted by Gasteiger charge is 1.96. The second-order valence-corrected chi connectivity index (χ2v) is 6.76. The fraction of sp³-hybridized carbons (Fsp3) is 0.950. The molecule has 192 valence electrons. The van der Waals surface area contributed by atoms with Crippen molar-refractivity contribution < 1.29 is 45.9 Å². The van der Waals surface area contributed by atoms with Crippen LogP contribution in [0.2, 0.25) is 0 Å². The molecule has 1 N–H and O–H groups in total. The molecule has 0 aromatic rings. The standard InChI is InChI=1S/C20H40INO10/c1-20(23)2-4-24-6-8-26-10-12-28-14-16-30-18-19-31-17-15-29-13-11-27-9-7-25-5-3-22-32-21/h22H,2-19H2,1H3. The van der Waals surface area contributed by atoms with Gasteiger partial charge in [0.05, 0.1) is 106 Å². The Kier molecular flexibility index (Phi) is 29.0. The van der Waals surface area contributed by atoms with Gasteiger partial charge in [0, 0.05) is 13.0 Å². The summed E-state index contributed by atoms with van der Waals surface area (Å²) < 4.78 is 47.6. The monoisotopic (exact) mass is 581 g/mol. The molecule has 0 saturated carbocycles. The second-order valence-electron chi connectivity index (χ2n) is 6.32. The molecule has 0 rings (SSSR count). The van der Waals surface area contributed by atoms with E-state index in [1.165, 1.54) is 0 Å². The molecule has 0 aliphatic rings. The SMILES string of the molecule is CC(=O)CCOCCOCCOCCOCCOCCOCCOCCOCCNOI. The van der Waals surface area contributed by atoms with Crippen LogP contribution in [0.3, 0.4) is 0 Å². The van der Waals surface area contributed by atoms with Gasteiger partial charge in [0.1, 0.15) is 28.8 Å². The van der Waals surface area contributed by atoms with Crippen molar-refractivity contribution in [3.05, 3.63) is 0 Å². The Labute approximate surface area is 205 Å². The lowest BCUT2D eigenvalue weighted by atomic mass is 10.3. The number of hydrogen-bond donors (Lipinski definition) is 1.